The summed E-state index contributed by atoms with van der Waals surface area (Å²) in [6.45, 7) is 1.90. The van der Waals surface area contributed by atoms with E-state index in [0.717, 1.165) is 44.1 Å². The average molecular weight is 294 g/mol. The molecule has 0 aliphatic carbocycles. The number of aromatic hydroxyl groups is 2. The topological polar surface area (TPSA) is 66.8 Å². The minimum atomic E-state index is -0.0423. The highest BCUT2D eigenvalue weighted by Crippen LogP contribution is 2.38. The van der Waals surface area contributed by atoms with E-state index in [0.29, 0.717) is 18.6 Å². The zero-order valence-electron chi connectivity index (χ0n) is 13.0. The molecule has 0 saturated heterocycles. The Balaban J connectivity index is 2.26. The van der Waals surface area contributed by atoms with Crippen molar-refractivity contribution in [3.05, 3.63) is 17.7 Å². The predicted octanol–water partition coefficient (Wildman–Crippen LogP) is 3.97. The van der Waals surface area contributed by atoms with Crippen molar-refractivity contribution in [2.45, 2.75) is 58.3 Å². The van der Waals surface area contributed by atoms with Gasteiger partial charge in [0.15, 0.2) is 11.5 Å². The van der Waals surface area contributed by atoms with Crippen LogP contribution in [0.2, 0.25) is 0 Å². The molecule has 2 N–H and O–H groups in total. The van der Waals surface area contributed by atoms with Gasteiger partial charge in [0.25, 0.3) is 0 Å². The molecule has 1 rings (SSSR count). The van der Waals surface area contributed by atoms with E-state index < -0.39 is 0 Å². The van der Waals surface area contributed by atoms with Gasteiger partial charge in [0, 0.05) is 12.8 Å². The lowest BCUT2D eigenvalue weighted by Gasteiger charge is -2.10. The second-order valence-corrected chi connectivity index (χ2v) is 5.29. The first-order valence-electron chi connectivity index (χ1n) is 7.69. The van der Waals surface area contributed by atoms with Crippen LogP contribution in [-0.2, 0) is 11.2 Å². The van der Waals surface area contributed by atoms with Crippen molar-refractivity contribution in [1.82, 2.24) is 0 Å². The number of aryl methyl sites for hydroxylation is 1. The molecule has 0 aromatic heterocycles. The van der Waals surface area contributed by atoms with E-state index >= 15 is 0 Å². The third-order valence-electron chi connectivity index (χ3n) is 3.69. The van der Waals surface area contributed by atoms with Crippen LogP contribution in [0.15, 0.2) is 12.1 Å². The van der Waals surface area contributed by atoms with Crippen LogP contribution in [0.1, 0.15) is 57.4 Å². The molecule has 0 fully saturated rings. The standard InChI is InChI=1S/C17H26O4/c1-3-14(18)10-8-6-4-5-7-9-13-11-12-15(19)17(21-2)16(13)20/h11-12,19-20H,3-10H2,1-2H3. The van der Waals surface area contributed by atoms with Crippen LogP contribution in [-0.4, -0.2) is 23.1 Å². The second-order valence-electron chi connectivity index (χ2n) is 5.29. The van der Waals surface area contributed by atoms with E-state index in [4.69, 9.17) is 4.74 Å². The number of phenolic OH excluding ortho intramolecular Hbond substituents is 2. The summed E-state index contributed by atoms with van der Waals surface area (Å²) in [4.78, 5) is 11.2. The maximum Gasteiger partial charge on any atom is 0.203 e. The third kappa shape index (κ3) is 5.66. The molecule has 21 heavy (non-hydrogen) atoms. The van der Waals surface area contributed by atoms with E-state index in [2.05, 4.69) is 0 Å². The molecule has 0 unspecified atom stereocenters. The minimum Gasteiger partial charge on any atom is -0.504 e. The molecule has 0 amide bonds. The maximum absolute atomic E-state index is 11.2. The van der Waals surface area contributed by atoms with Gasteiger partial charge in [-0.3, -0.25) is 4.79 Å². The van der Waals surface area contributed by atoms with Crippen molar-refractivity contribution >= 4 is 5.78 Å². The summed E-state index contributed by atoms with van der Waals surface area (Å²) < 4.78 is 4.98. The average Bonchev–Trinajstić information content (AvgIpc) is 2.48. The molecule has 0 aliphatic heterocycles. The number of ketones is 1. The van der Waals surface area contributed by atoms with Gasteiger partial charge in [-0.1, -0.05) is 32.3 Å². The first kappa shape index (κ1) is 17.3. The number of carbonyl (C=O) groups excluding carboxylic acids is 1. The van der Waals surface area contributed by atoms with E-state index in [1.54, 1.807) is 12.1 Å². The van der Waals surface area contributed by atoms with Gasteiger partial charge in [-0.2, -0.15) is 0 Å². The second kappa shape index (κ2) is 9.27. The molecule has 118 valence electrons. The summed E-state index contributed by atoms with van der Waals surface area (Å²) in [5.41, 5.74) is 0.797. The first-order chi connectivity index (χ1) is 10.1. The Morgan fingerprint density at radius 2 is 1.76 bits per heavy atom. The number of ether oxygens (including phenoxy) is 1. The lowest BCUT2D eigenvalue weighted by molar-refractivity contribution is -0.118. The molecule has 4 heteroatoms. The van der Waals surface area contributed by atoms with Crippen molar-refractivity contribution in [3.63, 3.8) is 0 Å². The SMILES string of the molecule is CCC(=O)CCCCCCCc1ccc(O)c(OC)c1O. The van der Waals surface area contributed by atoms with Gasteiger partial charge in [0.1, 0.15) is 5.78 Å². The fourth-order valence-corrected chi connectivity index (χ4v) is 2.35. The van der Waals surface area contributed by atoms with Crippen molar-refractivity contribution in [1.29, 1.82) is 0 Å². The molecule has 1 aromatic rings. The number of unbranched alkanes of at least 4 members (excludes halogenated alkanes) is 4. The molecule has 1 aromatic carbocycles. The van der Waals surface area contributed by atoms with Gasteiger partial charge >= 0.3 is 0 Å². The van der Waals surface area contributed by atoms with E-state index in [1.807, 2.05) is 6.92 Å². The highest BCUT2D eigenvalue weighted by molar-refractivity contribution is 5.77. The third-order valence-corrected chi connectivity index (χ3v) is 3.69. The molecule has 0 bridgehead atoms. The van der Waals surface area contributed by atoms with Gasteiger partial charge in [-0.25, -0.2) is 0 Å². The predicted molar refractivity (Wildman–Crippen MR) is 83.0 cm³/mol. The number of rotatable bonds is 10. The zero-order chi connectivity index (χ0) is 15.7. The highest BCUT2D eigenvalue weighted by atomic mass is 16.5. The lowest BCUT2D eigenvalue weighted by atomic mass is 10.0. The summed E-state index contributed by atoms with van der Waals surface area (Å²) >= 11 is 0. The van der Waals surface area contributed by atoms with Crippen LogP contribution in [0.4, 0.5) is 0 Å². The smallest absolute Gasteiger partial charge is 0.203 e. The Morgan fingerprint density at radius 1 is 1.10 bits per heavy atom. The van der Waals surface area contributed by atoms with Crippen LogP contribution in [0.3, 0.4) is 0 Å². The highest BCUT2D eigenvalue weighted by Gasteiger charge is 2.12. The summed E-state index contributed by atoms with van der Waals surface area (Å²) in [5.74, 6) is 0.479. The summed E-state index contributed by atoms with van der Waals surface area (Å²) in [6, 6.07) is 3.28. The molecule has 0 spiro atoms. The van der Waals surface area contributed by atoms with Crippen LogP contribution < -0.4 is 4.74 Å². The Kier molecular flexibility index (Phi) is 7.65. The number of carbonyl (C=O) groups is 1. The normalized spacial score (nSPS) is 10.6. The number of phenols is 2. The van der Waals surface area contributed by atoms with Gasteiger partial charge in [0.2, 0.25) is 5.75 Å². The summed E-state index contributed by atoms with van der Waals surface area (Å²) in [7, 11) is 1.43. The number of hydrogen-bond donors (Lipinski definition) is 2. The van der Waals surface area contributed by atoms with Crippen molar-refractivity contribution in [2.24, 2.45) is 0 Å². The number of Topliss-reactive ketones (excluding diaryl/α,β-unsaturated/α-hetero) is 1. The van der Waals surface area contributed by atoms with Crippen LogP contribution in [0, 0.1) is 0 Å². The monoisotopic (exact) mass is 294 g/mol. The summed E-state index contributed by atoms with van der Waals surface area (Å²) in [5, 5.41) is 19.5. The maximum atomic E-state index is 11.2. The number of benzene rings is 1. The van der Waals surface area contributed by atoms with Crippen LogP contribution in [0.5, 0.6) is 17.2 Å². The molecular weight excluding hydrogens is 268 g/mol. The van der Waals surface area contributed by atoms with Gasteiger partial charge < -0.3 is 14.9 Å². The van der Waals surface area contributed by atoms with E-state index in [9.17, 15) is 15.0 Å². The summed E-state index contributed by atoms with van der Waals surface area (Å²) in [6.07, 6.45) is 7.31. The molecular formula is C17H26O4. The number of methoxy groups -OCH3 is 1. The Morgan fingerprint density at radius 3 is 2.43 bits per heavy atom. The Labute approximate surface area is 126 Å². The van der Waals surface area contributed by atoms with E-state index in [1.165, 1.54) is 7.11 Å². The molecule has 4 nitrogen and oxygen atoms in total. The molecule has 0 heterocycles. The largest absolute Gasteiger partial charge is 0.504 e. The van der Waals surface area contributed by atoms with Crippen molar-refractivity contribution in [3.8, 4) is 17.2 Å². The quantitative estimate of drug-likeness (QED) is 0.641. The fourth-order valence-electron chi connectivity index (χ4n) is 2.35. The first-order valence-corrected chi connectivity index (χ1v) is 7.69. The minimum absolute atomic E-state index is 0.0334. The van der Waals surface area contributed by atoms with Gasteiger partial charge in [-0.05, 0) is 30.9 Å². The molecule has 0 radical (unpaired) electrons. The fraction of sp³-hybridized carbons (Fsp3) is 0.588. The lowest BCUT2D eigenvalue weighted by Crippen LogP contribution is -1.94. The molecule has 0 aliphatic rings. The van der Waals surface area contributed by atoms with E-state index in [-0.39, 0.29) is 17.2 Å². The van der Waals surface area contributed by atoms with Crippen LogP contribution >= 0.6 is 0 Å². The molecule has 0 saturated carbocycles. The Bertz CT molecular complexity index is 454. The molecule has 0 atom stereocenters. The number of hydrogen-bond acceptors (Lipinski definition) is 4. The zero-order valence-corrected chi connectivity index (χ0v) is 13.0. The van der Waals surface area contributed by atoms with Crippen molar-refractivity contribution in [2.75, 3.05) is 7.11 Å². The Hall–Kier alpha value is -1.71. The van der Waals surface area contributed by atoms with Crippen LogP contribution in [0.25, 0.3) is 0 Å². The van der Waals surface area contributed by atoms with Gasteiger partial charge in [-0.15, -0.1) is 0 Å². The van der Waals surface area contributed by atoms with Crippen molar-refractivity contribution < 1.29 is 19.7 Å². The van der Waals surface area contributed by atoms with Gasteiger partial charge in [0.05, 0.1) is 7.11 Å².